The Hall–Kier alpha value is -1.33. The Morgan fingerprint density at radius 1 is 1.33 bits per heavy atom. The molecule has 21 heavy (non-hydrogen) atoms. The average Bonchev–Trinajstić information content (AvgIpc) is 2.45. The SMILES string of the molecule is CC(C(=O)c1ccc(F)cc1F)N(C)C1CCCCC1O. The van der Waals surface area contributed by atoms with Crippen molar-refractivity contribution in [3.05, 3.63) is 35.4 Å². The molecule has 1 N–H and O–H groups in total. The van der Waals surface area contributed by atoms with Crippen molar-refractivity contribution in [3.63, 3.8) is 0 Å². The monoisotopic (exact) mass is 297 g/mol. The second-order valence-corrected chi connectivity index (χ2v) is 5.75. The largest absolute Gasteiger partial charge is 0.391 e. The number of aliphatic hydroxyl groups excluding tert-OH is 1. The summed E-state index contributed by atoms with van der Waals surface area (Å²) in [6.45, 7) is 1.69. The molecule has 2 rings (SSSR count). The normalized spacial score (nSPS) is 24.1. The molecule has 0 aliphatic heterocycles. The van der Waals surface area contributed by atoms with Crippen LogP contribution in [-0.2, 0) is 0 Å². The van der Waals surface area contributed by atoms with Crippen molar-refractivity contribution < 1.29 is 18.7 Å². The van der Waals surface area contributed by atoms with Gasteiger partial charge in [-0.15, -0.1) is 0 Å². The van der Waals surface area contributed by atoms with E-state index in [4.69, 9.17) is 0 Å². The van der Waals surface area contributed by atoms with E-state index in [1.54, 1.807) is 18.9 Å². The van der Waals surface area contributed by atoms with Crippen molar-refractivity contribution in [1.82, 2.24) is 4.90 Å². The summed E-state index contributed by atoms with van der Waals surface area (Å²) >= 11 is 0. The molecule has 0 spiro atoms. The summed E-state index contributed by atoms with van der Waals surface area (Å²) < 4.78 is 26.6. The zero-order chi connectivity index (χ0) is 15.6. The van der Waals surface area contributed by atoms with Gasteiger partial charge in [-0.25, -0.2) is 8.78 Å². The van der Waals surface area contributed by atoms with Crippen molar-refractivity contribution >= 4 is 5.78 Å². The van der Waals surface area contributed by atoms with Gasteiger partial charge in [0.1, 0.15) is 11.6 Å². The summed E-state index contributed by atoms with van der Waals surface area (Å²) in [6, 6.07) is 2.31. The minimum Gasteiger partial charge on any atom is -0.391 e. The van der Waals surface area contributed by atoms with Crippen LogP contribution in [0.4, 0.5) is 8.78 Å². The summed E-state index contributed by atoms with van der Waals surface area (Å²) in [4.78, 5) is 14.2. The number of rotatable bonds is 4. The third-order valence-corrected chi connectivity index (χ3v) is 4.40. The van der Waals surface area contributed by atoms with Gasteiger partial charge in [-0.2, -0.15) is 0 Å². The lowest BCUT2D eigenvalue weighted by atomic mass is 9.90. The molecule has 1 aromatic rings. The summed E-state index contributed by atoms with van der Waals surface area (Å²) in [6.07, 6.45) is 3.08. The van der Waals surface area contributed by atoms with E-state index in [0.29, 0.717) is 0 Å². The number of carbonyl (C=O) groups excluding carboxylic acids is 1. The molecular formula is C16H21F2NO2. The van der Waals surface area contributed by atoms with E-state index in [0.717, 1.165) is 37.8 Å². The van der Waals surface area contributed by atoms with Gasteiger partial charge in [0.05, 0.1) is 17.7 Å². The topological polar surface area (TPSA) is 40.5 Å². The first-order valence-electron chi connectivity index (χ1n) is 7.31. The highest BCUT2D eigenvalue weighted by Crippen LogP contribution is 2.25. The summed E-state index contributed by atoms with van der Waals surface area (Å²) in [7, 11) is 1.77. The number of halogens is 2. The van der Waals surface area contributed by atoms with Crippen LogP contribution in [0.25, 0.3) is 0 Å². The number of benzene rings is 1. The Balaban J connectivity index is 2.14. The number of Topliss-reactive ketones (excluding diaryl/α,β-unsaturated/α-hetero) is 1. The van der Waals surface area contributed by atoms with E-state index in [1.165, 1.54) is 6.07 Å². The van der Waals surface area contributed by atoms with E-state index in [2.05, 4.69) is 0 Å². The minimum absolute atomic E-state index is 0.0961. The van der Waals surface area contributed by atoms with E-state index in [-0.39, 0.29) is 11.6 Å². The van der Waals surface area contributed by atoms with Crippen molar-refractivity contribution in [3.8, 4) is 0 Å². The van der Waals surface area contributed by atoms with Crippen LogP contribution in [0.3, 0.4) is 0 Å². The third-order valence-electron chi connectivity index (χ3n) is 4.40. The lowest BCUT2D eigenvalue weighted by Gasteiger charge is -2.38. The molecule has 0 heterocycles. The number of aliphatic hydroxyl groups is 1. The predicted octanol–water partition coefficient (Wildman–Crippen LogP) is 2.77. The number of hydrogen-bond donors (Lipinski definition) is 1. The van der Waals surface area contributed by atoms with E-state index < -0.39 is 29.6 Å². The molecule has 1 aliphatic rings. The van der Waals surface area contributed by atoms with Gasteiger partial charge >= 0.3 is 0 Å². The Morgan fingerprint density at radius 3 is 2.62 bits per heavy atom. The van der Waals surface area contributed by atoms with Crippen LogP contribution in [0.5, 0.6) is 0 Å². The van der Waals surface area contributed by atoms with Gasteiger partial charge in [0.15, 0.2) is 5.78 Å². The van der Waals surface area contributed by atoms with Gasteiger partial charge in [-0.3, -0.25) is 9.69 Å². The molecular weight excluding hydrogens is 276 g/mol. The van der Waals surface area contributed by atoms with Crippen molar-refractivity contribution in [1.29, 1.82) is 0 Å². The van der Waals surface area contributed by atoms with Crippen LogP contribution in [-0.4, -0.2) is 41.0 Å². The maximum absolute atomic E-state index is 13.7. The molecule has 0 saturated heterocycles. The van der Waals surface area contributed by atoms with Gasteiger partial charge in [-0.1, -0.05) is 12.8 Å². The smallest absolute Gasteiger partial charge is 0.182 e. The average molecular weight is 297 g/mol. The van der Waals surface area contributed by atoms with Crippen LogP contribution in [0.1, 0.15) is 43.0 Å². The van der Waals surface area contributed by atoms with Gasteiger partial charge < -0.3 is 5.11 Å². The number of nitrogens with zero attached hydrogens (tertiary/aromatic N) is 1. The third kappa shape index (κ3) is 3.47. The zero-order valence-electron chi connectivity index (χ0n) is 12.4. The van der Waals surface area contributed by atoms with E-state index in [9.17, 15) is 18.7 Å². The van der Waals surface area contributed by atoms with Crippen LogP contribution in [0, 0.1) is 11.6 Å². The highest BCUT2D eigenvalue weighted by atomic mass is 19.1. The molecule has 1 aromatic carbocycles. The molecule has 0 radical (unpaired) electrons. The quantitative estimate of drug-likeness (QED) is 0.869. The van der Waals surface area contributed by atoms with E-state index >= 15 is 0 Å². The van der Waals surface area contributed by atoms with Crippen molar-refractivity contribution in [2.75, 3.05) is 7.05 Å². The first-order valence-corrected chi connectivity index (χ1v) is 7.31. The fourth-order valence-electron chi connectivity index (χ4n) is 2.95. The Labute approximate surface area is 123 Å². The molecule has 0 aromatic heterocycles. The summed E-state index contributed by atoms with van der Waals surface area (Å²) in [5.74, 6) is -1.94. The highest BCUT2D eigenvalue weighted by Gasteiger charge is 2.32. The number of likely N-dealkylation sites (N-methyl/N-ethyl adjacent to an activating group) is 1. The Kier molecular flexibility index (Phi) is 5.06. The van der Waals surface area contributed by atoms with Gasteiger partial charge in [0, 0.05) is 12.1 Å². The van der Waals surface area contributed by atoms with Crippen LogP contribution in [0.2, 0.25) is 0 Å². The molecule has 3 nitrogen and oxygen atoms in total. The second-order valence-electron chi connectivity index (χ2n) is 5.75. The standard InChI is InChI=1S/C16H21F2NO2/c1-10(19(2)14-5-3-4-6-15(14)20)16(21)12-8-7-11(17)9-13(12)18/h7-10,14-15,20H,3-6H2,1-2H3. The first kappa shape index (κ1) is 16.0. The van der Waals surface area contributed by atoms with Crippen LogP contribution >= 0.6 is 0 Å². The predicted molar refractivity (Wildman–Crippen MR) is 76.2 cm³/mol. The van der Waals surface area contributed by atoms with Gasteiger partial charge in [-0.05, 0) is 38.9 Å². The minimum atomic E-state index is -0.843. The molecule has 1 fully saturated rings. The molecule has 3 atom stereocenters. The maximum Gasteiger partial charge on any atom is 0.182 e. The van der Waals surface area contributed by atoms with Gasteiger partial charge in [0.25, 0.3) is 0 Å². The molecule has 1 aliphatic carbocycles. The molecule has 116 valence electrons. The number of carbonyl (C=O) groups is 1. The fraction of sp³-hybridized carbons (Fsp3) is 0.562. The number of hydrogen-bond acceptors (Lipinski definition) is 3. The lowest BCUT2D eigenvalue weighted by Crippen LogP contribution is -2.50. The number of ketones is 1. The van der Waals surface area contributed by atoms with Crippen molar-refractivity contribution in [2.45, 2.75) is 50.8 Å². The molecule has 0 amide bonds. The lowest BCUT2D eigenvalue weighted by molar-refractivity contribution is 0.0170. The van der Waals surface area contributed by atoms with Crippen LogP contribution < -0.4 is 0 Å². The van der Waals surface area contributed by atoms with Crippen LogP contribution in [0.15, 0.2) is 18.2 Å². The second kappa shape index (κ2) is 6.62. The van der Waals surface area contributed by atoms with Crippen molar-refractivity contribution in [2.24, 2.45) is 0 Å². The van der Waals surface area contributed by atoms with Gasteiger partial charge in [0.2, 0.25) is 0 Å². The summed E-state index contributed by atoms with van der Waals surface area (Å²) in [5, 5.41) is 10.1. The fourth-order valence-corrected chi connectivity index (χ4v) is 2.95. The molecule has 0 bridgehead atoms. The molecule has 3 unspecified atom stereocenters. The Morgan fingerprint density at radius 2 is 2.00 bits per heavy atom. The first-order chi connectivity index (χ1) is 9.91. The van der Waals surface area contributed by atoms with E-state index in [1.807, 2.05) is 0 Å². The Bertz CT molecular complexity index is 521. The summed E-state index contributed by atoms with van der Waals surface area (Å²) in [5.41, 5.74) is -0.110. The highest BCUT2D eigenvalue weighted by molar-refractivity contribution is 6.00. The maximum atomic E-state index is 13.7. The molecule has 1 saturated carbocycles. The molecule has 5 heteroatoms. The zero-order valence-corrected chi connectivity index (χ0v) is 12.4.